The van der Waals surface area contributed by atoms with Crippen LogP contribution in [0.4, 0.5) is 0 Å². The molecule has 1 aromatic heterocycles. The van der Waals surface area contributed by atoms with Crippen LogP contribution < -0.4 is 14.9 Å². The Labute approximate surface area is 175 Å². The predicted molar refractivity (Wildman–Crippen MR) is 116 cm³/mol. The first-order valence-electron chi connectivity index (χ1n) is 8.77. The molecule has 0 aliphatic rings. The van der Waals surface area contributed by atoms with Crippen molar-refractivity contribution in [2.45, 2.75) is 0 Å². The number of ether oxygens (including phenoxy) is 2. The van der Waals surface area contributed by atoms with E-state index < -0.39 is 5.91 Å². The van der Waals surface area contributed by atoms with Gasteiger partial charge in [0.1, 0.15) is 5.58 Å². The number of fused-ring (bicyclic) bond motifs is 3. The van der Waals surface area contributed by atoms with Gasteiger partial charge < -0.3 is 13.9 Å². The van der Waals surface area contributed by atoms with Gasteiger partial charge >= 0.3 is 5.91 Å². The van der Waals surface area contributed by atoms with Crippen LogP contribution in [0, 0.1) is 0 Å². The number of hydrogen-bond acceptors (Lipinski definition) is 5. The van der Waals surface area contributed by atoms with Gasteiger partial charge in [0, 0.05) is 5.39 Å². The molecule has 0 bridgehead atoms. The summed E-state index contributed by atoms with van der Waals surface area (Å²) in [5, 5.41) is 7.03. The Balaban J connectivity index is 1.56. The van der Waals surface area contributed by atoms with E-state index in [0.29, 0.717) is 17.1 Å². The van der Waals surface area contributed by atoms with E-state index in [2.05, 4.69) is 26.5 Å². The summed E-state index contributed by atoms with van der Waals surface area (Å²) in [5.74, 6) is 0.907. The highest BCUT2D eigenvalue weighted by atomic mass is 79.9. The molecule has 0 unspecified atom stereocenters. The number of nitrogens with zero attached hydrogens (tertiary/aromatic N) is 1. The molecular formula is C22H17BrN2O4. The van der Waals surface area contributed by atoms with Crippen LogP contribution in [0.3, 0.4) is 0 Å². The summed E-state index contributed by atoms with van der Waals surface area (Å²) >= 11 is 3.43. The maximum atomic E-state index is 12.5. The summed E-state index contributed by atoms with van der Waals surface area (Å²) in [6.45, 7) is 0. The molecule has 6 nitrogen and oxygen atoms in total. The third-order valence-electron chi connectivity index (χ3n) is 4.49. The lowest BCUT2D eigenvalue weighted by atomic mass is 10.1. The summed E-state index contributed by atoms with van der Waals surface area (Å²) in [5.41, 5.74) is 3.87. The molecule has 1 heterocycles. The molecule has 7 heteroatoms. The predicted octanol–water partition coefficient (Wildman–Crippen LogP) is 5.13. The average Bonchev–Trinajstić information content (AvgIpc) is 3.18. The van der Waals surface area contributed by atoms with Crippen LogP contribution >= 0.6 is 15.9 Å². The number of amides is 1. The lowest BCUT2D eigenvalue weighted by Gasteiger charge is -2.10. The molecule has 1 amide bonds. The minimum absolute atomic E-state index is 0.196. The number of methoxy groups -OCH3 is 2. The van der Waals surface area contributed by atoms with Crippen LogP contribution in [-0.2, 0) is 0 Å². The molecule has 0 radical (unpaired) electrons. The Morgan fingerprint density at radius 3 is 2.69 bits per heavy atom. The van der Waals surface area contributed by atoms with Gasteiger partial charge in [-0.3, -0.25) is 4.79 Å². The van der Waals surface area contributed by atoms with Crippen molar-refractivity contribution in [3.05, 3.63) is 70.4 Å². The van der Waals surface area contributed by atoms with E-state index in [1.54, 1.807) is 26.4 Å². The maximum Gasteiger partial charge on any atom is 0.307 e. The smallest absolute Gasteiger partial charge is 0.307 e. The van der Waals surface area contributed by atoms with Gasteiger partial charge in [-0.15, -0.1) is 0 Å². The van der Waals surface area contributed by atoms with Gasteiger partial charge in [-0.1, -0.05) is 30.3 Å². The SMILES string of the molecule is COc1cc(/C=N\NC(=O)c2cc3c(ccc4ccccc43)o2)cc(Br)c1OC. The van der Waals surface area contributed by atoms with E-state index in [1.807, 2.05) is 42.5 Å². The molecule has 0 aliphatic carbocycles. The van der Waals surface area contributed by atoms with E-state index >= 15 is 0 Å². The quantitative estimate of drug-likeness (QED) is 0.336. The summed E-state index contributed by atoms with van der Waals surface area (Å²) in [6, 6.07) is 17.1. The molecule has 0 fully saturated rings. The number of benzene rings is 3. The molecule has 4 rings (SSSR count). The maximum absolute atomic E-state index is 12.5. The van der Waals surface area contributed by atoms with Crippen molar-refractivity contribution in [2.24, 2.45) is 5.10 Å². The van der Waals surface area contributed by atoms with Crippen molar-refractivity contribution < 1.29 is 18.7 Å². The van der Waals surface area contributed by atoms with Gasteiger partial charge in [-0.2, -0.15) is 5.10 Å². The van der Waals surface area contributed by atoms with Gasteiger partial charge in [0.25, 0.3) is 0 Å². The van der Waals surface area contributed by atoms with Crippen LogP contribution in [0.1, 0.15) is 16.1 Å². The highest BCUT2D eigenvalue weighted by Gasteiger charge is 2.14. The van der Waals surface area contributed by atoms with Crippen LogP contribution in [0.15, 0.2) is 68.6 Å². The Kier molecular flexibility index (Phi) is 5.22. The van der Waals surface area contributed by atoms with Gasteiger partial charge in [-0.25, -0.2) is 5.43 Å². The van der Waals surface area contributed by atoms with Gasteiger partial charge in [0.2, 0.25) is 0 Å². The van der Waals surface area contributed by atoms with Crippen molar-refractivity contribution in [1.82, 2.24) is 5.43 Å². The van der Waals surface area contributed by atoms with E-state index in [0.717, 1.165) is 26.2 Å². The summed E-state index contributed by atoms with van der Waals surface area (Å²) in [7, 11) is 3.12. The second-order valence-electron chi connectivity index (χ2n) is 6.25. The highest BCUT2D eigenvalue weighted by Crippen LogP contribution is 2.35. The molecule has 1 N–H and O–H groups in total. The van der Waals surface area contributed by atoms with Crippen LogP contribution in [-0.4, -0.2) is 26.3 Å². The standard InChI is InChI=1S/C22H17BrN2O4/c1-27-19-10-13(9-17(23)21(19)28-2)12-24-25-22(26)20-11-16-15-6-4-3-5-14(15)7-8-18(16)29-20/h3-12H,1-2H3,(H,25,26)/b24-12-. The monoisotopic (exact) mass is 452 g/mol. The Morgan fingerprint density at radius 2 is 1.90 bits per heavy atom. The van der Waals surface area contributed by atoms with E-state index in [9.17, 15) is 4.79 Å². The number of furan rings is 1. The zero-order valence-corrected chi connectivity index (χ0v) is 17.3. The van der Waals surface area contributed by atoms with Crippen LogP contribution in [0.2, 0.25) is 0 Å². The van der Waals surface area contributed by atoms with Gasteiger partial charge in [0.05, 0.1) is 24.9 Å². The number of nitrogens with one attached hydrogen (secondary N) is 1. The minimum Gasteiger partial charge on any atom is -0.493 e. The number of hydrogen-bond donors (Lipinski definition) is 1. The minimum atomic E-state index is -0.430. The highest BCUT2D eigenvalue weighted by molar-refractivity contribution is 9.10. The van der Waals surface area contributed by atoms with Gasteiger partial charge in [-0.05, 0) is 56.5 Å². The second kappa shape index (κ2) is 7.97. The number of carbonyl (C=O) groups excluding carboxylic acids is 1. The molecule has 0 atom stereocenters. The molecule has 4 aromatic rings. The number of halogens is 1. The Hall–Kier alpha value is -3.32. The largest absolute Gasteiger partial charge is 0.493 e. The van der Waals surface area contributed by atoms with Gasteiger partial charge in [0.15, 0.2) is 17.3 Å². The van der Waals surface area contributed by atoms with Crippen molar-refractivity contribution >= 4 is 49.8 Å². The zero-order chi connectivity index (χ0) is 20.4. The van der Waals surface area contributed by atoms with Crippen molar-refractivity contribution in [3.63, 3.8) is 0 Å². The van der Waals surface area contributed by atoms with E-state index in [1.165, 1.54) is 6.21 Å². The van der Waals surface area contributed by atoms with Crippen LogP contribution in [0.5, 0.6) is 11.5 Å². The average molecular weight is 453 g/mol. The normalized spacial score (nSPS) is 11.3. The summed E-state index contributed by atoms with van der Waals surface area (Å²) in [6.07, 6.45) is 1.52. The zero-order valence-electron chi connectivity index (χ0n) is 15.7. The Bertz CT molecular complexity index is 1250. The third-order valence-corrected chi connectivity index (χ3v) is 5.07. The molecular weight excluding hydrogens is 436 g/mol. The second-order valence-corrected chi connectivity index (χ2v) is 7.10. The van der Waals surface area contributed by atoms with E-state index in [-0.39, 0.29) is 5.76 Å². The van der Waals surface area contributed by atoms with Crippen molar-refractivity contribution in [3.8, 4) is 11.5 Å². The third kappa shape index (κ3) is 3.69. The fourth-order valence-electron chi connectivity index (χ4n) is 3.14. The fourth-order valence-corrected chi connectivity index (χ4v) is 3.76. The van der Waals surface area contributed by atoms with Crippen molar-refractivity contribution in [1.29, 1.82) is 0 Å². The first-order valence-corrected chi connectivity index (χ1v) is 9.56. The number of carbonyl (C=O) groups is 1. The lowest BCUT2D eigenvalue weighted by molar-refractivity contribution is 0.0929. The lowest BCUT2D eigenvalue weighted by Crippen LogP contribution is -2.16. The molecule has 29 heavy (non-hydrogen) atoms. The van der Waals surface area contributed by atoms with Crippen LogP contribution in [0.25, 0.3) is 21.7 Å². The molecule has 146 valence electrons. The molecule has 0 saturated carbocycles. The summed E-state index contributed by atoms with van der Waals surface area (Å²) in [4.78, 5) is 12.5. The number of rotatable bonds is 5. The molecule has 0 spiro atoms. The first kappa shape index (κ1) is 19.0. The summed E-state index contributed by atoms with van der Waals surface area (Å²) < 4.78 is 17.0. The van der Waals surface area contributed by atoms with Crippen molar-refractivity contribution in [2.75, 3.05) is 14.2 Å². The first-order chi connectivity index (χ1) is 14.1. The topological polar surface area (TPSA) is 73.1 Å². The molecule has 0 aliphatic heterocycles. The Morgan fingerprint density at radius 1 is 1.07 bits per heavy atom. The van der Waals surface area contributed by atoms with E-state index in [4.69, 9.17) is 13.9 Å². The number of hydrazone groups is 1. The molecule has 3 aromatic carbocycles. The molecule has 0 saturated heterocycles. The fraction of sp³-hybridized carbons (Fsp3) is 0.0909.